The molecule has 1 saturated carbocycles. The number of hydrogen-bond donors (Lipinski definition) is 3. The van der Waals surface area contributed by atoms with Gasteiger partial charge in [-0.1, -0.05) is 41.4 Å². The van der Waals surface area contributed by atoms with E-state index in [0.717, 1.165) is 47.0 Å². The average molecular weight is 428 g/mol. The normalized spacial score (nSPS) is 19.5. The highest BCUT2D eigenvalue weighted by molar-refractivity contribution is 9.10. The van der Waals surface area contributed by atoms with Crippen molar-refractivity contribution < 1.29 is 4.79 Å². The van der Waals surface area contributed by atoms with E-state index in [2.05, 4.69) is 38.4 Å². The highest BCUT2D eigenvalue weighted by Crippen LogP contribution is 2.33. The maximum atomic E-state index is 12.6. The maximum Gasteiger partial charge on any atom is 0.229 e. The number of anilines is 1. The van der Waals surface area contributed by atoms with Crippen LogP contribution in [0.25, 0.3) is 11.3 Å². The van der Waals surface area contributed by atoms with Gasteiger partial charge in [0.05, 0.1) is 5.69 Å². The standard InChI is InChI=1S/C18H23BrN4O.ClH/c1-2-14-16(11-6-8-13(19)9-7-11)22-23-17(14)21-18(24)15-5-3-4-12(15)10-20;/h6-9,12,15H,2-5,10,20H2,1H3,(H2,21,22,23,24);1H/t12-,15-;/m1./s1. The lowest BCUT2D eigenvalue weighted by molar-refractivity contribution is -0.120. The largest absolute Gasteiger partial charge is 0.330 e. The molecule has 2 atom stereocenters. The van der Waals surface area contributed by atoms with Gasteiger partial charge in [-0.3, -0.25) is 9.89 Å². The Labute approximate surface area is 162 Å². The minimum Gasteiger partial charge on any atom is -0.330 e. The van der Waals surface area contributed by atoms with E-state index in [1.807, 2.05) is 24.3 Å². The Morgan fingerprint density at radius 2 is 2.08 bits per heavy atom. The van der Waals surface area contributed by atoms with E-state index in [-0.39, 0.29) is 24.2 Å². The second-order valence-electron chi connectivity index (χ2n) is 6.31. The third-order valence-electron chi connectivity index (χ3n) is 4.89. The quantitative estimate of drug-likeness (QED) is 0.670. The van der Waals surface area contributed by atoms with Crippen molar-refractivity contribution in [3.63, 3.8) is 0 Å². The second-order valence-corrected chi connectivity index (χ2v) is 7.22. The number of H-pyrrole nitrogens is 1. The van der Waals surface area contributed by atoms with Crippen molar-refractivity contribution in [2.24, 2.45) is 17.6 Å². The molecule has 1 amide bonds. The Balaban J connectivity index is 0.00000225. The molecule has 0 aliphatic heterocycles. The number of nitrogens with two attached hydrogens (primary N) is 1. The fourth-order valence-corrected chi connectivity index (χ4v) is 3.81. The van der Waals surface area contributed by atoms with Crippen LogP contribution in [-0.4, -0.2) is 22.6 Å². The lowest BCUT2D eigenvalue weighted by atomic mass is 9.95. The third kappa shape index (κ3) is 4.25. The van der Waals surface area contributed by atoms with Crippen molar-refractivity contribution in [3.05, 3.63) is 34.3 Å². The molecule has 0 radical (unpaired) electrons. The monoisotopic (exact) mass is 426 g/mol. The molecule has 0 bridgehead atoms. The van der Waals surface area contributed by atoms with Crippen LogP contribution in [0.1, 0.15) is 31.7 Å². The Morgan fingerprint density at radius 1 is 1.36 bits per heavy atom. The maximum absolute atomic E-state index is 12.6. The summed E-state index contributed by atoms with van der Waals surface area (Å²) >= 11 is 3.45. The van der Waals surface area contributed by atoms with Crippen molar-refractivity contribution in [3.8, 4) is 11.3 Å². The van der Waals surface area contributed by atoms with Gasteiger partial charge in [0.15, 0.2) is 5.82 Å². The van der Waals surface area contributed by atoms with E-state index in [9.17, 15) is 4.79 Å². The van der Waals surface area contributed by atoms with Gasteiger partial charge in [-0.2, -0.15) is 5.10 Å². The number of rotatable bonds is 5. The molecule has 1 aliphatic carbocycles. The minimum absolute atomic E-state index is 0. The molecule has 3 rings (SSSR count). The zero-order valence-corrected chi connectivity index (χ0v) is 16.6. The Kier molecular flexibility index (Phi) is 7.04. The average Bonchev–Trinajstić information content (AvgIpc) is 3.21. The molecular weight excluding hydrogens is 404 g/mol. The first-order valence-corrected chi connectivity index (χ1v) is 9.27. The molecule has 0 saturated heterocycles. The van der Waals surface area contributed by atoms with Crippen molar-refractivity contribution >= 4 is 40.1 Å². The predicted octanol–water partition coefficient (Wildman–Crippen LogP) is 4.14. The van der Waals surface area contributed by atoms with Gasteiger partial charge in [0.2, 0.25) is 5.91 Å². The second kappa shape index (κ2) is 8.83. The smallest absolute Gasteiger partial charge is 0.229 e. The van der Waals surface area contributed by atoms with Crippen LogP contribution in [0.15, 0.2) is 28.7 Å². The summed E-state index contributed by atoms with van der Waals surface area (Å²) in [6.07, 6.45) is 3.83. The van der Waals surface area contributed by atoms with Gasteiger partial charge < -0.3 is 11.1 Å². The zero-order chi connectivity index (χ0) is 17.1. The van der Waals surface area contributed by atoms with E-state index in [1.165, 1.54) is 0 Å². The number of amides is 1. The molecule has 1 aliphatic rings. The number of halogens is 2. The van der Waals surface area contributed by atoms with Crippen LogP contribution in [0.5, 0.6) is 0 Å². The van der Waals surface area contributed by atoms with Crippen molar-refractivity contribution in [2.75, 3.05) is 11.9 Å². The van der Waals surface area contributed by atoms with Crippen molar-refractivity contribution in [1.29, 1.82) is 0 Å². The number of carbonyl (C=O) groups is 1. The van der Waals surface area contributed by atoms with Gasteiger partial charge in [0.1, 0.15) is 0 Å². The molecule has 1 aromatic heterocycles. The van der Waals surface area contributed by atoms with Crippen LogP contribution in [0, 0.1) is 11.8 Å². The van der Waals surface area contributed by atoms with Gasteiger partial charge >= 0.3 is 0 Å². The topological polar surface area (TPSA) is 83.8 Å². The summed E-state index contributed by atoms with van der Waals surface area (Å²) in [6, 6.07) is 8.06. The number of carbonyl (C=O) groups excluding carboxylic acids is 1. The number of benzene rings is 1. The summed E-state index contributed by atoms with van der Waals surface area (Å²) in [7, 11) is 0. The van der Waals surface area contributed by atoms with Gasteiger partial charge in [0.25, 0.3) is 0 Å². The number of nitrogens with zero attached hydrogens (tertiary/aromatic N) is 1. The highest BCUT2D eigenvalue weighted by Gasteiger charge is 2.32. The summed E-state index contributed by atoms with van der Waals surface area (Å²) < 4.78 is 1.03. The van der Waals surface area contributed by atoms with Crippen LogP contribution < -0.4 is 11.1 Å². The minimum atomic E-state index is 0. The van der Waals surface area contributed by atoms with Crippen LogP contribution in [0.3, 0.4) is 0 Å². The Bertz CT molecular complexity index is 716. The molecule has 1 fully saturated rings. The predicted molar refractivity (Wildman–Crippen MR) is 107 cm³/mol. The summed E-state index contributed by atoms with van der Waals surface area (Å²) in [5.74, 6) is 0.988. The Morgan fingerprint density at radius 3 is 2.72 bits per heavy atom. The number of aromatic amines is 1. The van der Waals surface area contributed by atoms with Gasteiger partial charge in [0, 0.05) is 16.0 Å². The summed E-state index contributed by atoms with van der Waals surface area (Å²) in [6.45, 7) is 2.64. The molecule has 7 heteroatoms. The van der Waals surface area contributed by atoms with Crippen molar-refractivity contribution in [2.45, 2.75) is 32.6 Å². The van der Waals surface area contributed by atoms with E-state index in [0.29, 0.717) is 18.3 Å². The van der Waals surface area contributed by atoms with Gasteiger partial charge in [-0.05, 0) is 49.4 Å². The number of hydrogen-bond acceptors (Lipinski definition) is 3. The van der Waals surface area contributed by atoms with Crippen molar-refractivity contribution in [1.82, 2.24) is 10.2 Å². The summed E-state index contributed by atoms with van der Waals surface area (Å²) in [4.78, 5) is 12.6. The molecule has 4 N–H and O–H groups in total. The molecule has 136 valence electrons. The number of nitrogens with one attached hydrogen (secondary N) is 2. The molecule has 0 unspecified atom stereocenters. The van der Waals surface area contributed by atoms with Gasteiger partial charge in [-0.25, -0.2) is 0 Å². The number of aromatic nitrogens is 2. The van der Waals surface area contributed by atoms with Crippen LogP contribution in [-0.2, 0) is 11.2 Å². The first-order chi connectivity index (χ1) is 11.6. The summed E-state index contributed by atoms with van der Waals surface area (Å²) in [5, 5.41) is 10.4. The van der Waals surface area contributed by atoms with E-state index in [1.54, 1.807) is 0 Å². The fourth-order valence-electron chi connectivity index (χ4n) is 3.54. The zero-order valence-electron chi connectivity index (χ0n) is 14.2. The molecule has 2 aromatic rings. The third-order valence-corrected chi connectivity index (χ3v) is 5.42. The first kappa shape index (κ1) is 19.9. The SMILES string of the molecule is CCc1c(NC(=O)[C@@H]2CCC[C@@H]2CN)n[nH]c1-c1ccc(Br)cc1.Cl. The van der Waals surface area contributed by atoms with Gasteiger partial charge in [-0.15, -0.1) is 12.4 Å². The molecule has 1 aromatic carbocycles. The first-order valence-electron chi connectivity index (χ1n) is 8.48. The summed E-state index contributed by atoms with van der Waals surface area (Å²) in [5.41, 5.74) is 8.85. The molecular formula is C18H24BrClN4O. The molecule has 0 spiro atoms. The highest BCUT2D eigenvalue weighted by atomic mass is 79.9. The van der Waals surface area contributed by atoms with E-state index >= 15 is 0 Å². The van der Waals surface area contributed by atoms with Crippen LogP contribution in [0.4, 0.5) is 5.82 Å². The van der Waals surface area contributed by atoms with Crippen LogP contribution >= 0.6 is 28.3 Å². The molecule has 25 heavy (non-hydrogen) atoms. The molecule has 5 nitrogen and oxygen atoms in total. The van der Waals surface area contributed by atoms with Crippen LogP contribution in [0.2, 0.25) is 0 Å². The lowest BCUT2D eigenvalue weighted by Crippen LogP contribution is -2.30. The fraction of sp³-hybridized carbons (Fsp3) is 0.444. The molecule has 1 heterocycles. The lowest BCUT2D eigenvalue weighted by Gasteiger charge is -2.17. The van der Waals surface area contributed by atoms with E-state index in [4.69, 9.17) is 5.73 Å². The van der Waals surface area contributed by atoms with E-state index < -0.39 is 0 Å². The Hall–Kier alpha value is -1.37.